The van der Waals surface area contributed by atoms with Gasteiger partial charge in [0.15, 0.2) is 6.04 Å². The third kappa shape index (κ3) is 2.79. The van der Waals surface area contributed by atoms with Crippen LogP contribution in [0.3, 0.4) is 0 Å². The number of ether oxygens (including phenoxy) is 1. The van der Waals surface area contributed by atoms with Gasteiger partial charge in [0.1, 0.15) is 0 Å². The predicted molar refractivity (Wildman–Crippen MR) is 57.6 cm³/mol. The van der Waals surface area contributed by atoms with Crippen LogP contribution in [0.25, 0.3) is 0 Å². The molecule has 1 heterocycles. The van der Waals surface area contributed by atoms with E-state index in [9.17, 15) is 9.59 Å². The first-order chi connectivity index (χ1) is 7.06. The van der Waals surface area contributed by atoms with Crippen LogP contribution in [0.2, 0.25) is 0 Å². The Labute approximate surface area is 92.2 Å². The van der Waals surface area contributed by atoms with E-state index in [1.807, 2.05) is 18.4 Å². The Morgan fingerprint density at radius 2 is 2.20 bits per heavy atom. The molecule has 1 amide bonds. The molecule has 1 unspecified atom stereocenters. The number of carbonyl (C=O) groups excluding carboxylic acids is 2. The summed E-state index contributed by atoms with van der Waals surface area (Å²) in [6, 6.07) is 1.21. The highest BCUT2D eigenvalue weighted by atomic mass is 32.1. The van der Waals surface area contributed by atoms with Crippen LogP contribution < -0.4 is 5.32 Å². The largest absolute Gasteiger partial charge is 0.467 e. The first-order valence-electron chi connectivity index (χ1n) is 4.45. The SMILES string of the molecule is COC(=O)C(NC(C)=O)c1sccc1C. The Morgan fingerprint density at radius 1 is 1.53 bits per heavy atom. The van der Waals surface area contributed by atoms with Crippen molar-refractivity contribution in [1.82, 2.24) is 5.32 Å². The fraction of sp³-hybridized carbons (Fsp3) is 0.400. The van der Waals surface area contributed by atoms with Crippen LogP contribution in [0.15, 0.2) is 11.4 Å². The van der Waals surface area contributed by atoms with Gasteiger partial charge in [-0.1, -0.05) is 0 Å². The molecule has 15 heavy (non-hydrogen) atoms. The van der Waals surface area contributed by atoms with Crippen molar-refractivity contribution in [3.05, 3.63) is 21.9 Å². The molecule has 1 N–H and O–H groups in total. The van der Waals surface area contributed by atoms with E-state index < -0.39 is 12.0 Å². The standard InChI is InChI=1S/C10H13NO3S/c1-6-4-5-15-9(6)8(10(13)14-3)11-7(2)12/h4-5,8H,1-3H3,(H,11,12). The van der Waals surface area contributed by atoms with Crippen molar-refractivity contribution >= 4 is 23.2 Å². The summed E-state index contributed by atoms with van der Waals surface area (Å²) in [5.74, 6) is -0.700. The lowest BCUT2D eigenvalue weighted by Crippen LogP contribution is -2.32. The quantitative estimate of drug-likeness (QED) is 0.794. The lowest BCUT2D eigenvalue weighted by Gasteiger charge is -2.14. The van der Waals surface area contributed by atoms with Crippen molar-refractivity contribution in [2.75, 3.05) is 7.11 Å². The minimum absolute atomic E-state index is 0.252. The van der Waals surface area contributed by atoms with Gasteiger partial charge in [-0.05, 0) is 23.9 Å². The maximum Gasteiger partial charge on any atom is 0.333 e. The first kappa shape index (κ1) is 11.7. The Kier molecular flexibility index (Phi) is 3.85. The average Bonchev–Trinajstić information content (AvgIpc) is 2.59. The maximum absolute atomic E-state index is 11.5. The summed E-state index contributed by atoms with van der Waals surface area (Å²) in [4.78, 5) is 23.3. The zero-order valence-corrected chi connectivity index (χ0v) is 9.68. The molecule has 1 atom stereocenters. The molecule has 4 nitrogen and oxygen atoms in total. The van der Waals surface area contributed by atoms with E-state index >= 15 is 0 Å². The number of rotatable bonds is 3. The third-order valence-corrected chi connectivity index (χ3v) is 3.03. The Hall–Kier alpha value is -1.36. The molecule has 0 saturated heterocycles. The number of hydrogen-bond acceptors (Lipinski definition) is 4. The second-order valence-electron chi connectivity index (χ2n) is 3.12. The van der Waals surface area contributed by atoms with E-state index in [1.165, 1.54) is 25.4 Å². The van der Waals surface area contributed by atoms with Gasteiger partial charge in [0.2, 0.25) is 5.91 Å². The molecule has 0 spiro atoms. The molecule has 0 bridgehead atoms. The van der Waals surface area contributed by atoms with Crippen molar-refractivity contribution in [3.8, 4) is 0 Å². The van der Waals surface area contributed by atoms with Crippen LogP contribution in [-0.4, -0.2) is 19.0 Å². The van der Waals surface area contributed by atoms with E-state index in [-0.39, 0.29) is 5.91 Å². The monoisotopic (exact) mass is 227 g/mol. The summed E-state index contributed by atoms with van der Waals surface area (Å²) >= 11 is 1.43. The number of amides is 1. The molecular formula is C10H13NO3S. The maximum atomic E-state index is 11.5. The predicted octanol–water partition coefficient (Wildman–Crippen LogP) is 1.41. The first-order valence-corrected chi connectivity index (χ1v) is 5.33. The Morgan fingerprint density at radius 3 is 2.60 bits per heavy atom. The number of carbonyl (C=O) groups is 2. The molecule has 1 aromatic rings. The molecule has 82 valence electrons. The Bertz CT molecular complexity index is 372. The number of thiophene rings is 1. The van der Waals surface area contributed by atoms with E-state index in [4.69, 9.17) is 0 Å². The number of aryl methyl sites for hydroxylation is 1. The summed E-state index contributed by atoms with van der Waals surface area (Å²) in [6.45, 7) is 3.27. The highest BCUT2D eigenvalue weighted by Crippen LogP contribution is 2.24. The molecule has 0 aliphatic rings. The number of methoxy groups -OCH3 is 1. The highest BCUT2D eigenvalue weighted by molar-refractivity contribution is 7.10. The average molecular weight is 227 g/mol. The van der Waals surface area contributed by atoms with Gasteiger partial charge in [-0.25, -0.2) is 4.79 Å². The Balaban J connectivity index is 2.96. The van der Waals surface area contributed by atoms with Crippen molar-refractivity contribution in [2.24, 2.45) is 0 Å². The number of esters is 1. The van der Waals surface area contributed by atoms with Gasteiger partial charge in [-0.2, -0.15) is 0 Å². The van der Waals surface area contributed by atoms with Gasteiger partial charge < -0.3 is 10.1 Å². The number of nitrogens with one attached hydrogen (secondary N) is 1. The molecule has 0 aromatic carbocycles. The van der Waals surface area contributed by atoms with Crippen molar-refractivity contribution in [2.45, 2.75) is 19.9 Å². The summed E-state index contributed by atoms with van der Waals surface area (Å²) < 4.78 is 4.65. The van der Waals surface area contributed by atoms with Gasteiger partial charge >= 0.3 is 5.97 Å². The topological polar surface area (TPSA) is 55.4 Å². The lowest BCUT2D eigenvalue weighted by molar-refractivity contribution is -0.145. The molecule has 5 heteroatoms. The second kappa shape index (κ2) is 4.93. The van der Waals surface area contributed by atoms with Gasteiger partial charge in [0.25, 0.3) is 0 Å². The summed E-state index contributed by atoms with van der Waals surface area (Å²) in [6.07, 6.45) is 0. The van der Waals surface area contributed by atoms with Crippen LogP contribution in [0, 0.1) is 6.92 Å². The molecule has 1 rings (SSSR count). The van der Waals surface area contributed by atoms with Gasteiger partial charge in [0.05, 0.1) is 7.11 Å². The zero-order valence-electron chi connectivity index (χ0n) is 8.87. The summed E-state index contributed by atoms with van der Waals surface area (Å²) in [5, 5.41) is 4.45. The van der Waals surface area contributed by atoms with Crippen molar-refractivity contribution < 1.29 is 14.3 Å². The zero-order chi connectivity index (χ0) is 11.4. The van der Waals surface area contributed by atoms with Gasteiger partial charge in [-0.15, -0.1) is 11.3 Å². The third-order valence-electron chi connectivity index (χ3n) is 1.95. The van der Waals surface area contributed by atoms with E-state index in [1.54, 1.807) is 0 Å². The summed E-state index contributed by atoms with van der Waals surface area (Å²) in [7, 11) is 1.31. The molecule has 0 aliphatic carbocycles. The summed E-state index contributed by atoms with van der Waals surface area (Å²) in [5.41, 5.74) is 0.976. The fourth-order valence-electron chi connectivity index (χ4n) is 1.23. The molecule has 1 aromatic heterocycles. The van der Waals surface area contributed by atoms with E-state index in [0.29, 0.717) is 0 Å². The smallest absolute Gasteiger partial charge is 0.333 e. The van der Waals surface area contributed by atoms with Crippen LogP contribution in [-0.2, 0) is 14.3 Å². The molecule has 0 aliphatic heterocycles. The highest BCUT2D eigenvalue weighted by Gasteiger charge is 2.24. The molecule has 0 fully saturated rings. The van der Waals surface area contributed by atoms with Gasteiger partial charge in [-0.3, -0.25) is 4.79 Å². The van der Waals surface area contributed by atoms with Gasteiger partial charge in [0, 0.05) is 11.8 Å². The van der Waals surface area contributed by atoms with Crippen LogP contribution >= 0.6 is 11.3 Å². The minimum Gasteiger partial charge on any atom is -0.467 e. The molecular weight excluding hydrogens is 214 g/mol. The van der Waals surface area contributed by atoms with Crippen molar-refractivity contribution in [1.29, 1.82) is 0 Å². The molecule has 0 radical (unpaired) electrons. The van der Waals surface area contributed by atoms with Crippen LogP contribution in [0.4, 0.5) is 0 Å². The minimum atomic E-state index is -0.688. The number of hydrogen-bond donors (Lipinski definition) is 1. The van der Waals surface area contributed by atoms with E-state index in [2.05, 4.69) is 10.1 Å². The lowest BCUT2D eigenvalue weighted by atomic mass is 10.1. The van der Waals surface area contributed by atoms with Crippen LogP contribution in [0.1, 0.15) is 23.4 Å². The molecule has 0 saturated carbocycles. The van der Waals surface area contributed by atoms with Crippen molar-refractivity contribution in [3.63, 3.8) is 0 Å². The van der Waals surface area contributed by atoms with E-state index in [0.717, 1.165) is 10.4 Å². The normalized spacial score (nSPS) is 11.9. The fourth-order valence-corrected chi connectivity index (χ4v) is 2.20. The second-order valence-corrected chi connectivity index (χ2v) is 4.07. The van der Waals surface area contributed by atoms with Crippen LogP contribution in [0.5, 0.6) is 0 Å².